The molecule has 3 aromatic rings. The van der Waals surface area contributed by atoms with Gasteiger partial charge in [0.05, 0.1) is 13.3 Å². The van der Waals surface area contributed by atoms with Crippen molar-refractivity contribution < 1.29 is 32.6 Å². The summed E-state index contributed by atoms with van der Waals surface area (Å²) >= 11 is 0. The molecule has 0 unspecified atom stereocenters. The number of carbonyl (C=O) groups is 1. The Morgan fingerprint density at radius 2 is 1.82 bits per heavy atom. The van der Waals surface area contributed by atoms with E-state index in [0.29, 0.717) is 23.5 Å². The van der Waals surface area contributed by atoms with Crippen molar-refractivity contribution in [1.82, 2.24) is 14.8 Å². The fourth-order valence-electron chi connectivity index (χ4n) is 3.48. The third-order valence-electron chi connectivity index (χ3n) is 5.09. The third-order valence-corrected chi connectivity index (χ3v) is 6.92. The smallest absolute Gasteiger partial charge is 0.432 e. The van der Waals surface area contributed by atoms with Crippen LogP contribution >= 0.6 is 0 Å². The summed E-state index contributed by atoms with van der Waals surface area (Å²) < 4.78 is 43.8. The van der Waals surface area contributed by atoms with E-state index in [4.69, 9.17) is 19.4 Å². The van der Waals surface area contributed by atoms with Crippen molar-refractivity contribution in [3.8, 4) is 17.4 Å². The van der Waals surface area contributed by atoms with Crippen molar-refractivity contribution in [2.24, 2.45) is 0 Å². The van der Waals surface area contributed by atoms with Gasteiger partial charge in [-0.25, -0.2) is 23.7 Å². The number of nitrogens with one attached hydrogen (secondary N) is 1. The lowest BCUT2D eigenvalue weighted by atomic mass is 10.00. The van der Waals surface area contributed by atoms with Gasteiger partial charge in [0.1, 0.15) is 16.4 Å². The molecule has 2 N–H and O–H groups in total. The Balaban J connectivity index is 1.59. The molecule has 1 atom stereocenters. The number of aromatic nitrogens is 1. The third kappa shape index (κ3) is 4.75. The predicted octanol–water partition coefficient (Wildman–Crippen LogP) is 3.24. The zero-order chi connectivity index (χ0) is 23.4. The number of rotatable bonds is 6. The SMILES string of the molecule is COc1ccc(Oc2ccc(S(=O)(=O)N3CCc4ccccc4[C@H]3OC(=O)NO)cn2)cc1. The van der Waals surface area contributed by atoms with Crippen LogP contribution in [0.4, 0.5) is 4.79 Å². The topological polar surface area (TPSA) is 127 Å². The molecule has 33 heavy (non-hydrogen) atoms. The second-order valence-corrected chi connectivity index (χ2v) is 8.93. The number of methoxy groups -OCH3 is 1. The van der Waals surface area contributed by atoms with Gasteiger partial charge in [-0.15, -0.1) is 0 Å². The zero-order valence-corrected chi connectivity index (χ0v) is 18.4. The van der Waals surface area contributed by atoms with Crippen molar-refractivity contribution in [3.63, 3.8) is 0 Å². The first-order chi connectivity index (χ1) is 15.9. The van der Waals surface area contributed by atoms with E-state index in [1.54, 1.807) is 43.5 Å². The molecule has 2 heterocycles. The average molecular weight is 471 g/mol. The Morgan fingerprint density at radius 3 is 2.48 bits per heavy atom. The van der Waals surface area contributed by atoms with Crippen LogP contribution in [0.5, 0.6) is 17.4 Å². The molecule has 0 radical (unpaired) electrons. The van der Waals surface area contributed by atoms with Crippen LogP contribution in [-0.4, -0.2) is 42.7 Å². The minimum atomic E-state index is -4.09. The Hall–Kier alpha value is -3.67. The molecule has 11 heteroatoms. The first kappa shape index (κ1) is 22.5. The van der Waals surface area contributed by atoms with Gasteiger partial charge in [-0.2, -0.15) is 4.31 Å². The first-order valence-corrected chi connectivity index (χ1v) is 11.3. The largest absolute Gasteiger partial charge is 0.497 e. The highest BCUT2D eigenvalue weighted by Crippen LogP contribution is 2.35. The van der Waals surface area contributed by atoms with Gasteiger partial charge < -0.3 is 14.2 Å². The maximum absolute atomic E-state index is 13.4. The number of nitrogens with zero attached hydrogens (tertiary/aromatic N) is 2. The standard InChI is InChI=1S/C22H21N3O7S/c1-30-16-6-8-17(9-7-16)31-20-11-10-18(14-23-20)33(28,29)25-13-12-15-4-2-3-5-19(15)21(25)32-22(26)24-27/h2-11,14,21,27H,12-13H2,1H3,(H,24,26)/t21-/m1/s1. The molecule has 0 spiro atoms. The lowest BCUT2D eigenvalue weighted by molar-refractivity contribution is 0.00235. The molecule has 1 amide bonds. The summed E-state index contributed by atoms with van der Waals surface area (Å²) in [5.41, 5.74) is 2.74. The van der Waals surface area contributed by atoms with Gasteiger partial charge in [-0.05, 0) is 42.3 Å². The molecule has 2 aromatic carbocycles. The van der Waals surface area contributed by atoms with E-state index in [-0.39, 0.29) is 17.3 Å². The lowest BCUT2D eigenvalue weighted by Crippen LogP contribution is -2.43. The van der Waals surface area contributed by atoms with Crippen LogP contribution in [0.1, 0.15) is 17.4 Å². The number of hydroxylamine groups is 1. The zero-order valence-electron chi connectivity index (χ0n) is 17.5. The second-order valence-electron chi connectivity index (χ2n) is 7.04. The van der Waals surface area contributed by atoms with Crippen molar-refractivity contribution >= 4 is 16.1 Å². The summed E-state index contributed by atoms with van der Waals surface area (Å²) in [4.78, 5) is 15.7. The van der Waals surface area contributed by atoms with Crippen LogP contribution in [-0.2, 0) is 21.2 Å². The number of benzene rings is 2. The maximum Gasteiger partial charge on any atom is 0.432 e. The average Bonchev–Trinajstić information content (AvgIpc) is 2.85. The normalized spacial score (nSPS) is 15.9. The van der Waals surface area contributed by atoms with E-state index in [1.807, 2.05) is 12.1 Å². The highest BCUT2D eigenvalue weighted by molar-refractivity contribution is 7.89. The number of sulfonamides is 1. The lowest BCUT2D eigenvalue weighted by Gasteiger charge is -2.35. The van der Waals surface area contributed by atoms with Crippen LogP contribution in [0, 0.1) is 0 Å². The van der Waals surface area contributed by atoms with Crippen LogP contribution in [0.3, 0.4) is 0 Å². The van der Waals surface area contributed by atoms with Gasteiger partial charge >= 0.3 is 6.09 Å². The Morgan fingerprint density at radius 1 is 1.09 bits per heavy atom. The van der Waals surface area contributed by atoms with E-state index in [9.17, 15) is 13.2 Å². The molecular formula is C22H21N3O7S. The van der Waals surface area contributed by atoms with Gasteiger partial charge in [0, 0.05) is 18.2 Å². The number of hydrogen-bond donors (Lipinski definition) is 2. The van der Waals surface area contributed by atoms with Crippen LogP contribution in [0.25, 0.3) is 0 Å². The van der Waals surface area contributed by atoms with Gasteiger partial charge in [-0.3, -0.25) is 5.21 Å². The van der Waals surface area contributed by atoms with Crippen molar-refractivity contribution in [1.29, 1.82) is 0 Å². The molecule has 172 valence electrons. The summed E-state index contributed by atoms with van der Waals surface area (Å²) in [7, 11) is -2.54. The Bertz CT molecular complexity index is 1230. The fraction of sp³-hybridized carbons (Fsp3) is 0.182. The Kier molecular flexibility index (Phi) is 6.45. The number of amides is 1. The molecule has 0 saturated carbocycles. The molecule has 1 aliphatic heterocycles. The molecular weight excluding hydrogens is 450 g/mol. The second kappa shape index (κ2) is 9.45. The van der Waals surface area contributed by atoms with Gasteiger partial charge in [-0.1, -0.05) is 24.3 Å². The van der Waals surface area contributed by atoms with Crippen molar-refractivity contribution in [2.75, 3.05) is 13.7 Å². The van der Waals surface area contributed by atoms with Gasteiger partial charge in [0.2, 0.25) is 15.9 Å². The van der Waals surface area contributed by atoms with Crippen LogP contribution < -0.4 is 15.0 Å². The Labute approximate surface area is 190 Å². The summed E-state index contributed by atoms with van der Waals surface area (Å²) in [6.07, 6.45) is -0.805. The molecule has 4 rings (SSSR count). The summed E-state index contributed by atoms with van der Waals surface area (Å²) in [6.45, 7) is 0.0762. The number of carbonyl (C=O) groups excluding carboxylic acids is 1. The fourth-order valence-corrected chi connectivity index (χ4v) is 4.92. The quantitative estimate of drug-likeness (QED) is 0.414. The van der Waals surface area contributed by atoms with Crippen molar-refractivity contribution in [3.05, 3.63) is 78.0 Å². The molecule has 0 fully saturated rings. The van der Waals surface area contributed by atoms with Gasteiger partial charge in [0.15, 0.2) is 6.23 Å². The number of fused-ring (bicyclic) bond motifs is 1. The van der Waals surface area contributed by atoms with E-state index in [0.717, 1.165) is 9.87 Å². The highest BCUT2D eigenvalue weighted by Gasteiger charge is 2.39. The van der Waals surface area contributed by atoms with E-state index < -0.39 is 22.3 Å². The van der Waals surface area contributed by atoms with Gasteiger partial charge in [0.25, 0.3) is 0 Å². The van der Waals surface area contributed by atoms with Crippen molar-refractivity contribution in [2.45, 2.75) is 17.5 Å². The van der Waals surface area contributed by atoms with Crippen LogP contribution in [0.2, 0.25) is 0 Å². The molecule has 0 saturated heterocycles. The predicted molar refractivity (Wildman–Crippen MR) is 115 cm³/mol. The molecule has 0 aliphatic carbocycles. The molecule has 1 aliphatic rings. The van der Waals surface area contributed by atoms with Crippen LogP contribution in [0.15, 0.2) is 71.8 Å². The summed E-state index contributed by atoms with van der Waals surface area (Å²) in [5.74, 6) is 1.39. The summed E-state index contributed by atoms with van der Waals surface area (Å²) in [5, 5.41) is 8.88. The van der Waals surface area contributed by atoms with E-state index in [1.165, 1.54) is 23.8 Å². The number of hydrogen-bond acceptors (Lipinski definition) is 8. The first-order valence-electron chi connectivity index (χ1n) is 9.90. The summed E-state index contributed by atoms with van der Waals surface area (Å²) in [6, 6.07) is 16.7. The van der Waals surface area contributed by atoms with E-state index in [2.05, 4.69) is 4.98 Å². The highest BCUT2D eigenvalue weighted by atomic mass is 32.2. The molecule has 1 aromatic heterocycles. The number of ether oxygens (including phenoxy) is 3. The maximum atomic E-state index is 13.4. The van der Waals surface area contributed by atoms with E-state index >= 15 is 0 Å². The molecule has 10 nitrogen and oxygen atoms in total. The monoisotopic (exact) mass is 471 g/mol. The number of pyridine rings is 1. The molecule has 0 bridgehead atoms. The minimum absolute atomic E-state index is 0.0762. The minimum Gasteiger partial charge on any atom is -0.497 e.